The highest BCUT2D eigenvalue weighted by atomic mass is 16.5. The van der Waals surface area contributed by atoms with E-state index in [1.165, 1.54) is 20.3 Å². The van der Waals surface area contributed by atoms with Crippen molar-refractivity contribution >= 4 is 23.5 Å². The maximum absolute atomic E-state index is 12.9. The smallest absolute Gasteiger partial charge is 0.340 e. The molecule has 32 heavy (non-hydrogen) atoms. The molecule has 1 saturated heterocycles. The first-order valence-corrected chi connectivity index (χ1v) is 11.3. The van der Waals surface area contributed by atoms with Gasteiger partial charge in [0.15, 0.2) is 18.1 Å². The molecular formula is C24H34N2O6. The van der Waals surface area contributed by atoms with Crippen molar-refractivity contribution in [1.29, 1.82) is 0 Å². The number of carbonyl (C=O) groups is 3. The third-order valence-corrected chi connectivity index (χ3v) is 6.28. The van der Waals surface area contributed by atoms with Crippen LogP contribution in [0.1, 0.15) is 56.3 Å². The minimum Gasteiger partial charge on any atom is -0.493 e. The predicted octanol–water partition coefficient (Wildman–Crippen LogP) is 3.49. The summed E-state index contributed by atoms with van der Waals surface area (Å²) in [7, 11) is 2.95. The van der Waals surface area contributed by atoms with E-state index in [9.17, 15) is 14.4 Å². The molecule has 1 aliphatic heterocycles. The maximum Gasteiger partial charge on any atom is 0.340 e. The van der Waals surface area contributed by atoms with Crippen molar-refractivity contribution in [3.8, 4) is 11.5 Å². The largest absolute Gasteiger partial charge is 0.493 e. The fourth-order valence-electron chi connectivity index (χ4n) is 4.74. The summed E-state index contributed by atoms with van der Waals surface area (Å²) in [6, 6.07) is 3.03. The number of hydrogen-bond donors (Lipinski definition) is 1. The molecule has 1 N–H and O–H groups in total. The van der Waals surface area contributed by atoms with Crippen molar-refractivity contribution in [2.24, 2.45) is 17.8 Å². The van der Waals surface area contributed by atoms with Crippen LogP contribution in [0, 0.1) is 17.8 Å². The molecule has 1 saturated carbocycles. The van der Waals surface area contributed by atoms with Gasteiger partial charge in [0.05, 0.1) is 25.5 Å². The molecule has 0 aromatic heterocycles. The molecule has 2 amide bonds. The van der Waals surface area contributed by atoms with Crippen LogP contribution in [0.3, 0.4) is 0 Å². The lowest BCUT2D eigenvalue weighted by Gasteiger charge is -2.34. The molecule has 8 heteroatoms. The second kappa shape index (κ2) is 10.7. The number of ether oxygens (including phenoxy) is 3. The Balaban J connectivity index is 1.74. The number of nitrogens with one attached hydrogen (secondary N) is 1. The summed E-state index contributed by atoms with van der Waals surface area (Å²) in [5.74, 6) is 0.449. The van der Waals surface area contributed by atoms with Gasteiger partial charge >= 0.3 is 5.97 Å². The minimum atomic E-state index is -0.695. The van der Waals surface area contributed by atoms with Gasteiger partial charge in [-0.15, -0.1) is 0 Å². The lowest BCUT2D eigenvalue weighted by atomic mass is 9.92. The van der Waals surface area contributed by atoms with Crippen LogP contribution in [-0.4, -0.2) is 56.6 Å². The first-order valence-electron chi connectivity index (χ1n) is 11.3. The van der Waals surface area contributed by atoms with Gasteiger partial charge in [-0.2, -0.15) is 0 Å². The van der Waals surface area contributed by atoms with Gasteiger partial charge in [0.2, 0.25) is 5.91 Å². The number of piperidine rings is 1. The van der Waals surface area contributed by atoms with Crippen molar-refractivity contribution in [2.75, 3.05) is 39.2 Å². The van der Waals surface area contributed by atoms with Gasteiger partial charge in [-0.1, -0.05) is 26.7 Å². The van der Waals surface area contributed by atoms with Gasteiger partial charge in [-0.3, -0.25) is 9.59 Å². The number of nitrogens with zero attached hydrogens (tertiary/aromatic N) is 1. The first-order chi connectivity index (χ1) is 15.3. The number of benzene rings is 1. The molecule has 2 fully saturated rings. The number of hydrogen-bond acceptors (Lipinski definition) is 6. The number of rotatable bonds is 7. The Kier molecular flexibility index (Phi) is 7.99. The quantitative estimate of drug-likeness (QED) is 0.645. The standard InChI is InChI=1S/C24H34N2O6/c1-15-9-16(2)13-26(12-15)22(27)14-32-24(29)18-10-20(30-3)21(31-4)11-19(18)25-23(28)17-7-5-6-8-17/h10-11,15-17H,5-9,12-14H2,1-4H3,(H,25,28)/t15-,16-/m0/s1. The van der Waals surface area contributed by atoms with E-state index in [0.29, 0.717) is 36.4 Å². The Bertz CT molecular complexity index is 839. The number of likely N-dealkylation sites (tertiary alicyclic amines) is 1. The summed E-state index contributed by atoms with van der Waals surface area (Å²) in [4.78, 5) is 40.0. The van der Waals surface area contributed by atoms with Crippen molar-refractivity contribution in [3.63, 3.8) is 0 Å². The number of carbonyl (C=O) groups excluding carboxylic acids is 3. The molecular weight excluding hydrogens is 412 g/mol. The molecule has 8 nitrogen and oxygen atoms in total. The normalized spacial score (nSPS) is 21.2. The molecule has 1 aromatic carbocycles. The second-order valence-corrected chi connectivity index (χ2v) is 9.04. The lowest BCUT2D eigenvalue weighted by Crippen LogP contribution is -2.44. The third kappa shape index (κ3) is 5.72. The van der Waals surface area contributed by atoms with E-state index in [2.05, 4.69) is 19.2 Å². The molecule has 1 heterocycles. The van der Waals surface area contributed by atoms with Gasteiger partial charge in [0, 0.05) is 31.1 Å². The zero-order chi connectivity index (χ0) is 23.3. The zero-order valence-corrected chi connectivity index (χ0v) is 19.4. The van der Waals surface area contributed by atoms with E-state index >= 15 is 0 Å². The molecule has 3 rings (SSSR count). The summed E-state index contributed by atoms with van der Waals surface area (Å²) in [6.45, 7) is 5.22. The van der Waals surface area contributed by atoms with Crippen molar-refractivity contribution in [3.05, 3.63) is 17.7 Å². The number of amides is 2. The number of methoxy groups -OCH3 is 2. The van der Waals surface area contributed by atoms with Crippen LogP contribution in [0.5, 0.6) is 11.5 Å². The lowest BCUT2D eigenvalue weighted by molar-refractivity contribution is -0.137. The highest BCUT2D eigenvalue weighted by Gasteiger charge is 2.28. The Hall–Kier alpha value is -2.77. The summed E-state index contributed by atoms with van der Waals surface area (Å²) in [5, 5.41) is 2.85. The summed E-state index contributed by atoms with van der Waals surface area (Å²) >= 11 is 0. The van der Waals surface area contributed by atoms with Crippen LogP contribution in [-0.2, 0) is 14.3 Å². The third-order valence-electron chi connectivity index (χ3n) is 6.28. The summed E-state index contributed by atoms with van der Waals surface area (Å²) < 4.78 is 16.0. The van der Waals surface area contributed by atoms with Gasteiger partial charge in [0.25, 0.3) is 5.91 Å². The van der Waals surface area contributed by atoms with Crippen molar-refractivity contribution in [1.82, 2.24) is 4.90 Å². The zero-order valence-electron chi connectivity index (χ0n) is 19.4. The molecule has 176 valence electrons. The van der Waals surface area contributed by atoms with E-state index in [-0.39, 0.29) is 35.6 Å². The SMILES string of the molecule is COc1cc(NC(=O)C2CCCC2)c(C(=O)OCC(=O)N2C[C@@H](C)C[C@H](C)C2)cc1OC. The van der Waals surface area contributed by atoms with Gasteiger partial charge < -0.3 is 24.4 Å². The molecule has 0 bridgehead atoms. The Morgan fingerprint density at radius 1 is 1.00 bits per heavy atom. The summed E-state index contributed by atoms with van der Waals surface area (Å²) in [5.41, 5.74) is 0.416. The van der Waals surface area contributed by atoms with Gasteiger partial charge in [-0.05, 0) is 31.1 Å². The number of anilines is 1. The van der Waals surface area contributed by atoms with E-state index in [1.807, 2.05) is 0 Å². The fraction of sp³-hybridized carbons (Fsp3) is 0.625. The van der Waals surface area contributed by atoms with E-state index in [0.717, 1.165) is 32.1 Å². The van der Waals surface area contributed by atoms with Crippen LogP contribution in [0.15, 0.2) is 12.1 Å². The Morgan fingerprint density at radius 3 is 2.19 bits per heavy atom. The average molecular weight is 447 g/mol. The average Bonchev–Trinajstić information content (AvgIpc) is 3.31. The highest BCUT2D eigenvalue weighted by molar-refractivity contribution is 6.03. The second-order valence-electron chi connectivity index (χ2n) is 9.04. The Labute approximate surface area is 189 Å². The Morgan fingerprint density at radius 2 is 1.59 bits per heavy atom. The van der Waals surface area contributed by atoms with E-state index in [1.54, 1.807) is 11.0 Å². The first kappa shape index (κ1) is 23.9. The van der Waals surface area contributed by atoms with Gasteiger partial charge in [0.1, 0.15) is 0 Å². The van der Waals surface area contributed by atoms with Crippen LogP contribution < -0.4 is 14.8 Å². The molecule has 2 atom stereocenters. The predicted molar refractivity (Wildman–Crippen MR) is 120 cm³/mol. The summed E-state index contributed by atoms with van der Waals surface area (Å²) in [6.07, 6.45) is 4.79. The molecule has 1 aliphatic carbocycles. The van der Waals surface area contributed by atoms with E-state index < -0.39 is 5.97 Å². The van der Waals surface area contributed by atoms with Crippen molar-refractivity contribution < 1.29 is 28.6 Å². The van der Waals surface area contributed by atoms with Crippen molar-refractivity contribution in [2.45, 2.75) is 46.0 Å². The van der Waals surface area contributed by atoms with E-state index in [4.69, 9.17) is 14.2 Å². The van der Waals surface area contributed by atoms with Crippen LogP contribution in [0.2, 0.25) is 0 Å². The van der Waals surface area contributed by atoms with Crippen LogP contribution >= 0.6 is 0 Å². The molecule has 0 spiro atoms. The topological polar surface area (TPSA) is 94.2 Å². The van der Waals surface area contributed by atoms with Gasteiger partial charge in [-0.25, -0.2) is 4.79 Å². The molecule has 0 radical (unpaired) electrons. The number of esters is 1. The highest BCUT2D eigenvalue weighted by Crippen LogP contribution is 2.35. The minimum absolute atomic E-state index is 0.0726. The monoisotopic (exact) mass is 446 g/mol. The maximum atomic E-state index is 12.9. The molecule has 0 unspecified atom stereocenters. The molecule has 2 aliphatic rings. The molecule has 1 aromatic rings. The fourth-order valence-corrected chi connectivity index (χ4v) is 4.74. The van der Waals surface area contributed by atoms with Crippen LogP contribution in [0.4, 0.5) is 5.69 Å². The van der Waals surface area contributed by atoms with Crippen LogP contribution in [0.25, 0.3) is 0 Å².